The lowest BCUT2D eigenvalue weighted by Gasteiger charge is -2.24. The fraction of sp³-hybridized carbons (Fsp3) is 0.348. The molecule has 1 heterocycles. The molecule has 0 spiro atoms. The number of H-pyrrole nitrogens is 1. The van der Waals surface area contributed by atoms with E-state index in [1.165, 1.54) is 0 Å². The SMILES string of the molecule is NC(=O)CC(N)C(=O)NC(Cc1c[nH]c2ccccc12)C(=O)NC(CC(N)=O)C(=O)NC(CC(=O)O)C(=O)O. The van der Waals surface area contributed by atoms with Crippen molar-refractivity contribution < 1.29 is 43.8 Å². The molecule has 1 aromatic heterocycles. The van der Waals surface area contributed by atoms with Gasteiger partial charge in [0, 0.05) is 23.5 Å². The van der Waals surface area contributed by atoms with Crippen molar-refractivity contribution in [2.24, 2.45) is 17.2 Å². The number of carbonyl (C=O) groups is 7. The first-order valence-corrected chi connectivity index (χ1v) is 11.5. The van der Waals surface area contributed by atoms with E-state index in [2.05, 4.69) is 15.6 Å². The highest BCUT2D eigenvalue weighted by Gasteiger charge is 2.32. The Bertz CT molecular complexity index is 1280. The molecule has 2 aromatic rings. The Hall–Kier alpha value is -4.99. The van der Waals surface area contributed by atoms with Gasteiger partial charge in [-0.3, -0.25) is 28.8 Å². The number of carbonyl (C=O) groups excluding carboxylic acids is 5. The van der Waals surface area contributed by atoms with Gasteiger partial charge in [0.15, 0.2) is 0 Å². The lowest BCUT2D eigenvalue weighted by Crippen LogP contribution is -2.58. The average molecular weight is 548 g/mol. The van der Waals surface area contributed by atoms with Gasteiger partial charge >= 0.3 is 11.9 Å². The summed E-state index contributed by atoms with van der Waals surface area (Å²) in [7, 11) is 0. The van der Waals surface area contributed by atoms with Crippen molar-refractivity contribution in [1.29, 1.82) is 0 Å². The van der Waals surface area contributed by atoms with Gasteiger partial charge in [-0.05, 0) is 11.6 Å². The maximum atomic E-state index is 13.3. The van der Waals surface area contributed by atoms with Crippen LogP contribution in [0, 0.1) is 0 Å². The Morgan fingerprint density at radius 3 is 1.92 bits per heavy atom. The van der Waals surface area contributed by atoms with Crippen molar-refractivity contribution >= 4 is 52.4 Å². The number of hydrogen-bond acceptors (Lipinski definition) is 8. The molecule has 16 heteroatoms. The van der Waals surface area contributed by atoms with Gasteiger partial charge in [0.2, 0.25) is 29.5 Å². The summed E-state index contributed by atoms with van der Waals surface area (Å²) in [6.45, 7) is 0. The molecule has 39 heavy (non-hydrogen) atoms. The highest BCUT2D eigenvalue weighted by molar-refractivity contribution is 5.97. The van der Waals surface area contributed by atoms with Crippen LogP contribution in [0.2, 0.25) is 0 Å². The summed E-state index contributed by atoms with van der Waals surface area (Å²) in [5.74, 6) is -8.17. The van der Waals surface area contributed by atoms with Crippen LogP contribution in [0.5, 0.6) is 0 Å². The second-order valence-corrected chi connectivity index (χ2v) is 8.63. The van der Waals surface area contributed by atoms with Gasteiger partial charge in [-0.2, -0.15) is 0 Å². The number of nitrogens with one attached hydrogen (secondary N) is 4. The summed E-state index contributed by atoms with van der Waals surface area (Å²) < 4.78 is 0. The van der Waals surface area contributed by atoms with E-state index in [1.807, 2.05) is 5.32 Å². The minimum Gasteiger partial charge on any atom is -0.481 e. The summed E-state index contributed by atoms with van der Waals surface area (Å²) in [5.41, 5.74) is 17.3. The number of carboxylic acids is 2. The fourth-order valence-electron chi connectivity index (χ4n) is 3.65. The molecular weight excluding hydrogens is 518 g/mol. The summed E-state index contributed by atoms with van der Waals surface area (Å²) >= 11 is 0. The van der Waals surface area contributed by atoms with E-state index < -0.39 is 84.9 Å². The van der Waals surface area contributed by atoms with Crippen LogP contribution in [0.1, 0.15) is 24.8 Å². The van der Waals surface area contributed by atoms with Crippen LogP contribution in [0.3, 0.4) is 0 Å². The molecule has 0 saturated carbocycles. The highest BCUT2D eigenvalue weighted by atomic mass is 16.4. The lowest BCUT2D eigenvalue weighted by molar-refractivity contribution is -0.147. The van der Waals surface area contributed by atoms with Crippen LogP contribution < -0.4 is 33.2 Å². The van der Waals surface area contributed by atoms with Crippen LogP contribution in [-0.4, -0.2) is 80.8 Å². The van der Waals surface area contributed by atoms with E-state index in [0.717, 1.165) is 10.9 Å². The highest BCUT2D eigenvalue weighted by Crippen LogP contribution is 2.19. The fourth-order valence-corrected chi connectivity index (χ4v) is 3.65. The Kier molecular flexibility index (Phi) is 10.5. The van der Waals surface area contributed by atoms with E-state index >= 15 is 0 Å². The van der Waals surface area contributed by atoms with Gasteiger partial charge in [0.1, 0.15) is 18.1 Å². The van der Waals surface area contributed by atoms with Crippen LogP contribution >= 0.6 is 0 Å². The topological polar surface area (TPSA) is 290 Å². The lowest BCUT2D eigenvalue weighted by atomic mass is 10.0. The minimum absolute atomic E-state index is 0.132. The van der Waals surface area contributed by atoms with Crippen molar-refractivity contribution in [3.63, 3.8) is 0 Å². The van der Waals surface area contributed by atoms with Crippen LogP contribution in [0.4, 0.5) is 0 Å². The first-order valence-electron chi connectivity index (χ1n) is 11.5. The molecule has 5 amide bonds. The third kappa shape index (κ3) is 9.12. The van der Waals surface area contributed by atoms with Gasteiger partial charge in [0.25, 0.3) is 0 Å². The number of benzene rings is 1. The Morgan fingerprint density at radius 1 is 0.769 bits per heavy atom. The zero-order chi connectivity index (χ0) is 29.3. The number of fused-ring (bicyclic) bond motifs is 1. The summed E-state index contributed by atoms with van der Waals surface area (Å²) in [5, 5.41) is 25.4. The predicted octanol–water partition coefficient (Wildman–Crippen LogP) is -3.20. The molecule has 16 nitrogen and oxygen atoms in total. The summed E-state index contributed by atoms with van der Waals surface area (Å²) in [4.78, 5) is 86.6. The molecule has 0 aliphatic heterocycles. The van der Waals surface area contributed by atoms with Crippen molar-refractivity contribution in [3.8, 4) is 0 Å². The predicted molar refractivity (Wildman–Crippen MR) is 133 cm³/mol. The van der Waals surface area contributed by atoms with Crippen LogP contribution in [0.15, 0.2) is 30.5 Å². The molecule has 0 radical (unpaired) electrons. The van der Waals surface area contributed by atoms with Gasteiger partial charge < -0.3 is 48.3 Å². The van der Waals surface area contributed by atoms with E-state index in [9.17, 15) is 38.7 Å². The number of nitrogens with two attached hydrogens (primary N) is 3. The second-order valence-electron chi connectivity index (χ2n) is 8.63. The van der Waals surface area contributed by atoms with Gasteiger partial charge in [-0.1, -0.05) is 18.2 Å². The second kappa shape index (κ2) is 13.5. The molecule has 0 aliphatic rings. The zero-order valence-corrected chi connectivity index (χ0v) is 20.5. The average Bonchev–Trinajstić information content (AvgIpc) is 3.24. The molecule has 0 aliphatic carbocycles. The molecular formula is C23H29N7O9. The van der Waals surface area contributed by atoms with Gasteiger partial charge in [0.05, 0.1) is 25.3 Å². The van der Waals surface area contributed by atoms with E-state index in [0.29, 0.717) is 5.56 Å². The van der Waals surface area contributed by atoms with Crippen molar-refractivity contribution in [2.75, 3.05) is 0 Å². The number of aliphatic carboxylic acids is 2. The van der Waals surface area contributed by atoms with E-state index in [4.69, 9.17) is 22.3 Å². The van der Waals surface area contributed by atoms with Gasteiger partial charge in [-0.15, -0.1) is 0 Å². The molecule has 0 saturated heterocycles. The van der Waals surface area contributed by atoms with Gasteiger partial charge in [-0.25, -0.2) is 4.79 Å². The monoisotopic (exact) mass is 547 g/mol. The zero-order valence-electron chi connectivity index (χ0n) is 20.5. The summed E-state index contributed by atoms with van der Waals surface area (Å²) in [6.07, 6.45) is -0.800. The molecule has 1 aromatic carbocycles. The molecule has 4 atom stereocenters. The molecule has 4 unspecified atom stereocenters. The van der Waals surface area contributed by atoms with Crippen LogP contribution in [0.25, 0.3) is 10.9 Å². The van der Waals surface area contributed by atoms with Crippen molar-refractivity contribution in [1.82, 2.24) is 20.9 Å². The van der Waals surface area contributed by atoms with Crippen molar-refractivity contribution in [2.45, 2.75) is 49.9 Å². The normalized spacial score (nSPS) is 13.9. The smallest absolute Gasteiger partial charge is 0.326 e. The number of carboxylic acid groups (broad SMARTS) is 2. The number of aromatic amines is 1. The maximum absolute atomic E-state index is 13.3. The summed E-state index contributed by atoms with van der Waals surface area (Å²) in [6, 6.07) is 0.695. The standard InChI is InChI=1S/C23H29N7O9/c24-12(6-17(25)31)20(35)28-14(5-10-9-27-13-4-2-1-3-11(10)13)21(36)29-15(7-18(26)32)22(37)30-16(23(38)39)8-19(33)34/h1-4,9,12,14-16,27H,5-8,24H2,(H2,25,31)(H2,26,32)(H,28,35)(H,29,36)(H,30,37)(H,33,34)(H,38,39). The van der Waals surface area contributed by atoms with Crippen LogP contribution in [-0.2, 0) is 40.0 Å². The number of amides is 5. The molecule has 0 fully saturated rings. The number of primary amides is 2. The molecule has 0 bridgehead atoms. The Balaban J connectivity index is 2.32. The quantitative estimate of drug-likeness (QED) is 0.108. The third-order valence-electron chi connectivity index (χ3n) is 5.52. The Morgan fingerprint density at radius 2 is 1.33 bits per heavy atom. The number of para-hydroxylation sites is 1. The maximum Gasteiger partial charge on any atom is 0.326 e. The number of hydrogen-bond donors (Lipinski definition) is 9. The number of aromatic nitrogens is 1. The molecule has 210 valence electrons. The first-order chi connectivity index (χ1) is 18.3. The minimum atomic E-state index is -1.87. The third-order valence-corrected chi connectivity index (χ3v) is 5.52. The largest absolute Gasteiger partial charge is 0.481 e. The molecule has 12 N–H and O–H groups in total. The number of rotatable bonds is 15. The first kappa shape index (κ1) is 30.2. The van der Waals surface area contributed by atoms with E-state index in [-0.39, 0.29) is 6.42 Å². The van der Waals surface area contributed by atoms with E-state index in [1.54, 1.807) is 30.5 Å². The molecule has 2 rings (SSSR count). The Labute approximate surface area is 220 Å². The van der Waals surface area contributed by atoms with Crippen molar-refractivity contribution in [3.05, 3.63) is 36.0 Å².